The fourth-order valence-electron chi connectivity index (χ4n) is 3.14. The van der Waals surface area contributed by atoms with Gasteiger partial charge >= 0.3 is 12.3 Å². The van der Waals surface area contributed by atoms with Crippen LogP contribution in [0.3, 0.4) is 0 Å². The predicted molar refractivity (Wildman–Crippen MR) is 117 cm³/mol. The number of imidazole rings is 1. The minimum absolute atomic E-state index is 0.0989. The van der Waals surface area contributed by atoms with Crippen molar-refractivity contribution in [3.05, 3.63) is 65.6 Å². The van der Waals surface area contributed by atoms with Gasteiger partial charge in [-0.1, -0.05) is 17.7 Å². The van der Waals surface area contributed by atoms with Crippen molar-refractivity contribution in [3.8, 4) is 22.5 Å². The maximum Gasteiger partial charge on any atom is 0.434 e. The van der Waals surface area contributed by atoms with Gasteiger partial charge in [0.05, 0.1) is 34.4 Å². The third-order valence-electron chi connectivity index (χ3n) is 4.51. The first-order chi connectivity index (χ1) is 15.6. The smallest absolute Gasteiger partial charge is 0.434 e. The molecule has 0 aliphatic rings. The van der Waals surface area contributed by atoms with Crippen LogP contribution in [0.2, 0.25) is 5.02 Å². The Kier molecular flexibility index (Phi) is 5.94. The van der Waals surface area contributed by atoms with Crippen LogP contribution >= 0.6 is 11.6 Å². The number of carbonyl (C=O) groups is 1. The first kappa shape index (κ1) is 22.5. The Balaban J connectivity index is 1.69. The third kappa shape index (κ3) is 4.90. The number of nitrogens with zero attached hydrogens (tertiary/aromatic N) is 4. The highest BCUT2D eigenvalue weighted by atomic mass is 35.5. The molecular formula is C22H17ClF3N5O2. The van der Waals surface area contributed by atoms with E-state index in [1.165, 1.54) is 22.7 Å². The molecule has 0 aliphatic heterocycles. The number of carbonyl (C=O) groups excluding carboxylic acids is 1. The number of amides is 1. The molecular weight excluding hydrogens is 459 g/mol. The normalized spacial score (nSPS) is 11.7. The van der Waals surface area contributed by atoms with E-state index in [2.05, 4.69) is 20.4 Å². The van der Waals surface area contributed by atoms with Crippen molar-refractivity contribution in [3.63, 3.8) is 0 Å². The molecule has 0 bridgehead atoms. The number of pyridine rings is 1. The summed E-state index contributed by atoms with van der Waals surface area (Å²) in [5.74, 6) is 0. The maximum absolute atomic E-state index is 13.3. The van der Waals surface area contributed by atoms with Gasteiger partial charge in [0.15, 0.2) is 11.3 Å². The fourth-order valence-corrected chi connectivity index (χ4v) is 3.30. The first-order valence-corrected chi connectivity index (χ1v) is 10.2. The average molecular weight is 476 g/mol. The Morgan fingerprint density at radius 2 is 1.94 bits per heavy atom. The van der Waals surface area contributed by atoms with Crippen LogP contribution in [-0.2, 0) is 10.9 Å². The lowest BCUT2D eigenvalue weighted by molar-refractivity contribution is -0.140. The Morgan fingerprint density at radius 3 is 2.67 bits per heavy atom. The van der Waals surface area contributed by atoms with Crippen LogP contribution in [0.1, 0.15) is 19.5 Å². The van der Waals surface area contributed by atoms with E-state index in [0.29, 0.717) is 27.6 Å². The van der Waals surface area contributed by atoms with E-state index >= 15 is 0 Å². The second kappa shape index (κ2) is 8.70. The molecule has 0 radical (unpaired) electrons. The minimum Gasteiger partial charge on any atom is -0.447 e. The predicted octanol–water partition coefficient (Wildman–Crippen LogP) is 6.09. The largest absolute Gasteiger partial charge is 0.447 e. The summed E-state index contributed by atoms with van der Waals surface area (Å²) in [5.41, 5.74) is 0.803. The standard InChI is InChI=1S/C22H17ClF3N5O2/c1-12(2)33-21(32)29-17-10-13(5-6-15(17)23)18-11-31-19(28-18)8-7-16(30-31)14-4-3-9-27-20(14)22(24,25)26/h3-12H,1-2H3,(H,29,32). The van der Waals surface area contributed by atoms with E-state index in [4.69, 9.17) is 16.3 Å². The summed E-state index contributed by atoms with van der Waals surface area (Å²) in [4.78, 5) is 19.9. The van der Waals surface area contributed by atoms with Gasteiger partial charge in [-0.3, -0.25) is 10.3 Å². The Labute approximate surface area is 191 Å². The number of nitrogens with one attached hydrogen (secondary N) is 1. The van der Waals surface area contributed by atoms with Gasteiger partial charge in [-0.2, -0.15) is 18.3 Å². The van der Waals surface area contributed by atoms with E-state index in [1.807, 2.05) is 0 Å². The molecule has 7 nitrogen and oxygen atoms in total. The molecule has 0 atom stereocenters. The summed E-state index contributed by atoms with van der Waals surface area (Å²) in [6.07, 6.45) is -2.91. The molecule has 0 fully saturated rings. The van der Waals surface area contributed by atoms with Gasteiger partial charge < -0.3 is 4.74 Å². The fraction of sp³-hybridized carbons (Fsp3) is 0.182. The molecule has 3 aromatic heterocycles. The highest BCUT2D eigenvalue weighted by molar-refractivity contribution is 6.33. The van der Waals surface area contributed by atoms with Crippen LogP contribution in [0, 0.1) is 0 Å². The first-order valence-electron chi connectivity index (χ1n) is 9.78. The maximum atomic E-state index is 13.3. The SMILES string of the molecule is CC(C)OC(=O)Nc1cc(-c2cn3nc(-c4cccnc4C(F)(F)F)ccc3n2)ccc1Cl. The van der Waals surface area contributed by atoms with Crippen molar-refractivity contribution >= 4 is 29.0 Å². The van der Waals surface area contributed by atoms with Crippen LogP contribution < -0.4 is 5.32 Å². The number of fused-ring (bicyclic) bond motifs is 1. The van der Waals surface area contributed by atoms with E-state index in [9.17, 15) is 18.0 Å². The van der Waals surface area contributed by atoms with E-state index in [1.54, 1.807) is 44.3 Å². The van der Waals surface area contributed by atoms with Crippen LogP contribution in [-0.4, -0.2) is 31.8 Å². The molecule has 11 heteroatoms. The number of anilines is 1. The third-order valence-corrected chi connectivity index (χ3v) is 4.84. The lowest BCUT2D eigenvalue weighted by Gasteiger charge is -2.11. The zero-order valence-electron chi connectivity index (χ0n) is 17.4. The molecule has 0 saturated carbocycles. The van der Waals surface area contributed by atoms with Gasteiger partial charge in [0.25, 0.3) is 0 Å². The number of hydrogen-bond donors (Lipinski definition) is 1. The van der Waals surface area contributed by atoms with Gasteiger partial charge in [-0.15, -0.1) is 0 Å². The molecule has 0 unspecified atom stereocenters. The quantitative estimate of drug-likeness (QED) is 0.386. The second-order valence-electron chi connectivity index (χ2n) is 7.32. The molecule has 1 amide bonds. The van der Waals surface area contributed by atoms with E-state index < -0.39 is 18.0 Å². The molecule has 3 heterocycles. The number of aromatic nitrogens is 4. The summed E-state index contributed by atoms with van der Waals surface area (Å²) >= 11 is 6.18. The Bertz CT molecular complexity index is 1340. The van der Waals surface area contributed by atoms with Crippen molar-refractivity contribution in [2.45, 2.75) is 26.1 Å². The summed E-state index contributed by atoms with van der Waals surface area (Å²) in [5, 5.41) is 7.17. The number of benzene rings is 1. The number of alkyl halides is 3. The van der Waals surface area contributed by atoms with Gasteiger partial charge in [-0.05, 0) is 50.2 Å². The van der Waals surface area contributed by atoms with Crippen LogP contribution in [0.25, 0.3) is 28.2 Å². The summed E-state index contributed by atoms with van der Waals surface area (Å²) in [7, 11) is 0. The molecule has 33 heavy (non-hydrogen) atoms. The van der Waals surface area contributed by atoms with Gasteiger partial charge in [-0.25, -0.2) is 14.3 Å². The Hall–Kier alpha value is -3.66. The second-order valence-corrected chi connectivity index (χ2v) is 7.73. The molecule has 4 aromatic rings. The highest BCUT2D eigenvalue weighted by Gasteiger charge is 2.35. The number of rotatable bonds is 4. The van der Waals surface area contributed by atoms with Crippen molar-refractivity contribution in [1.82, 2.24) is 19.6 Å². The monoisotopic (exact) mass is 475 g/mol. The van der Waals surface area contributed by atoms with Gasteiger partial charge in [0, 0.05) is 17.3 Å². The minimum atomic E-state index is -4.61. The Morgan fingerprint density at radius 1 is 1.15 bits per heavy atom. The van der Waals surface area contributed by atoms with Crippen molar-refractivity contribution in [2.75, 3.05) is 5.32 Å². The van der Waals surface area contributed by atoms with Gasteiger partial charge in [0.2, 0.25) is 0 Å². The lowest BCUT2D eigenvalue weighted by atomic mass is 10.1. The molecule has 170 valence electrons. The van der Waals surface area contributed by atoms with Crippen molar-refractivity contribution in [1.29, 1.82) is 0 Å². The summed E-state index contributed by atoms with van der Waals surface area (Å²) in [6.45, 7) is 3.44. The summed E-state index contributed by atoms with van der Waals surface area (Å²) in [6, 6.07) is 10.7. The molecule has 0 aliphatic carbocycles. The molecule has 0 spiro atoms. The van der Waals surface area contributed by atoms with E-state index in [0.717, 1.165) is 6.20 Å². The van der Waals surface area contributed by atoms with Crippen LogP contribution in [0.4, 0.5) is 23.7 Å². The lowest BCUT2D eigenvalue weighted by Crippen LogP contribution is -2.18. The van der Waals surface area contributed by atoms with Crippen molar-refractivity contribution in [2.24, 2.45) is 0 Å². The zero-order valence-corrected chi connectivity index (χ0v) is 18.1. The highest BCUT2D eigenvalue weighted by Crippen LogP contribution is 2.35. The van der Waals surface area contributed by atoms with Crippen LogP contribution in [0.15, 0.2) is 54.9 Å². The molecule has 1 aromatic carbocycles. The molecule has 4 rings (SSSR count). The van der Waals surface area contributed by atoms with Crippen molar-refractivity contribution < 1.29 is 22.7 Å². The number of halogens is 4. The number of hydrogen-bond acceptors (Lipinski definition) is 5. The zero-order chi connectivity index (χ0) is 23.8. The average Bonchev–Trinajstić information content (AvgIpc) is 3.17. The topological polar surface area (TPSA) is 81.4 Å². The summed E-state index contributed by atoms with van der Waals surface area (Å²) < 4.78 is 46.5. The van der Waals surface area contributed by atoms with E-state index in [-0.39, 0.29) is 17.4 Å². The number of ether oxygens (including phenoxy) is 1. The van der Waals surface area contributed by atoms with Gasteiger partial charge in [0.1, 0.15) is 0 Å². The molecule has 1 N–H and O–H groups in total. The molecule has 0 saturated heterocycles. The van der Waals surface area contributed by atoms with Crippen LogP contribution in [0.5, 0.6) is 0 Å².